The number of anilines is 1. The van der Waals surface area contributed by atoms with Gasteiger partial charge in [-0.25, -0.2) is 0 Å². The van der Waals surface area contributed by atoms with E-state index in [1.807, 2.05) is 38.2 Å². The van der Waals surface area contributed by atoms with Gasteiger partial charge in [0, 0.05) is 18.3 Å². The number of likely N-dealkylation sites (N-methyl/N-ethyl adjacent to an activating group) is 1. The number of benzene rings is 1. The van der Waals surface area contributed by atoms with Crippen molar-refractivity contribution in [3.63, 3.8) is 0 Å². The maximum absolute atomic E-state index is 12.1. The third-order valence-electron chi connectivity index (χ3n) is 3.82. The van der Waals surface area contributed by atoms with Gasteiger partial charge in [-0.2, -0.15) is 0 Å². The molecule has 1 aromatic rings. The summed E-state index contributed by atoms with van der Waals surface area (Å²) in [5.41, 5.74) is 6.59. The highest BCUT2D eigenvalue weighted by Crippen LogP contribution is 2.34. The standard InChI is InChI=1S/C16H25N3O2.ClH/c1-3-21-14-8-6-13(7-9-14)18-16(20)11-19(2)15(10-17)12-4-5-12;/h6-9,12,15H,3-5,10-11,17H2,1-2H3,(H,18,20);1H. The van der Waals surface area contributed by atoms with E-state index in [1.165, 1.54) is 12.8 Å². The zero-order chi connectivity index (χ0) is 15.2. The Morgan fingerprint density at radius 2 is 2.05 bits per heavy atom. The Hall–Kier alpha value is -1.30. The summed E-state index contributed by atoms with van der Waals surface area (Å²) in [4.78, 5) is 14.1. The van der Waals surface area contributed by atoms with Gasteiger partial charge in [-0.3, -0.25) is 9.69 Å². The minimum Gasteiger partial charge on any atom is -0.494 e. The number of carbonyl (C=O) groups excluding carboxylic acids is 1. The van der Waals surface area contributed by atoms with Gasteiger partial charge < -0.3 is 15.8 Å². The first-order chi connectivity index (χ1) is 10.1. The maximum atomic E-state index is 12.1. The molecule has 1 atom stereocenters. The number of nitrogens with zero attached hydrogens (tertiary/aromatic N) is 1. The van der Waals surface area contributed by atoms with E-state index >= 15 is 0 Å². The van der Waals surface area contributed by atoms with Crippen LogP contribution in [-0.2, 0) is 4.79 Å². The normalized spacial score (nSPS) is 15.1. The molecule has 0 saturated heterocycles. The van der Waals surface area contributed by atoms with Crippen molar-refractivity contribution in [2.24, 2.45) is 11.7 Å². The molecule has 1 aliphatic rings. The van der Waals surface area contributed by atoms with Gasteiger partial charge in [0.1, 0.15) is 5.75 Å². The summed E-state index contributed by atoms with van der Waals surface area (Å²) >= 11 is 0. The highest BCUT2D eigenvalue weighted by molar-refractivity contribution is 5.92. The predicted octanol–water partition coefficient (Wildman–Crippen LogP) is 2.11. The monoisotopic (exact) mass is 327 g/mol. The summed E-state index contributed by atoms with van der Waals surface area (Å²) in [6.45, 7) is 3.56. The van der Waals surface area contributed by atoms with Crippen molar-refractivity contribution in [3.05, 3.63) is 24.3 Å². The predicted molar refractivity (Wildman–Crippen MR) is 91.7 cm³/mol. The Kier molecular flexibility index (Phi) is 7.65. The van der Waals surface area contributed by atoms with Gasteiger partial charge in [0.2, 0.25) is 5.91 Å². The maximum Gasteiger partial charge on any atom is 0.238 e. The molecule has 0 radical (unpaired) electrons. The molecule has 0 spiro atoms. The summed E-state index contributed by atoms with van der Waals surface area (Å²) in [6, 6.07) is 7.73. The van der Waals surface area contributed by atoms with Crippen LogP contribution in [0.2, 0.25) is 0 Å². The minimum absolute atomic E-state index is 0. The molecule has 1 saturated carbocycles. The SMILES string of the molecule is CCOc1ccc(NC(=O)CN(C)C(CN)C2CC2)cc1.Cl. The first-order valence-electron chi connectivity index (χ1n) is 7.57. The topological polar surface area (TPSA) is 67.6 Å². The van der Waals surface area contributed by atoms with Gasteiger partial charge in [-0.1, -0.05) is 0 Å². The van der Waals surface area contributed by atoms with E-state index in [-0.39, 0.29) is 18.3 Å². The number of carbonyl (C=O) groups is 1. The van der Waals surface area contributed by atoms with Crippen molar-refractivity contribution in [2.45, 2.75) is 25.8 Å². The summed E-state index contributed by atoms with van der Waals surface area (Å²) < 4.78 is 5.37. The van der Waals surface area contributed by atoms with Gasteiger partial charge in [0.05, 0.1) is 13.2 Å². The van der Waals surface area contributed by atoms with Crippen molar-refractivity contribution in [2.75, 3.05) is 32.1 Å². The van der Waals surface area contributed by atoms with E-state index < -0.39 is 0 Å². The highest BCUT2D eigenvalue weighted by atomic mass is 35.5. The fraction of sp³-hybridized carbons (Fsp3) is 0.562. The first-order valence-corrected chi connectivity index (χ1v) is 7.57. The molecule has 1 fully saturated rings. The van der Waals surface area contributed by atoms with E-state index in [9.17, 15) is 4.79 Å². The lowest BCUT2D eigenvalue weighted by atomic mass is 10.1. The molecule has 1 aromatic carbocycles. The molecule has 3 N–H and O–H groups in total. The Morgan fingerprint density at radius 3 is 2.55 bits per heavy atom. The Balaban J connectivity index is 0.00000242. The van der Waals surface area contributed by atoms with Crippen LogP contribution >= 0.6 is 12.4 Å². The fourth-order valence-electron chi connectivity index (χ4n) is 2.56. The van der Waals surface area contributed by atoms with Crippen molar-refractivity contribution in [3.8, 4) is 5.75 Å². The number of amides is 1. The van der Waals surface area contributed by atoms with E-state index in [0.717, 1.165) is 11.4 Å². The molecule has 1 aliphatic carbocycles. The molecule has 6 heteroatoms. The second-order valence-electron chi connectivity index (χ2n) is 5.56. The molecular formula is C16H26ClN3O2. The van der Waals surface area contributed by atoms with Crippen molar-refractivity contribution < 1.29 is 9.53 Å². The van der Waals surface area contributed by atoms with E-state index in [2.05, 4.69) is 10.2 Å². The average molecular weight is 328 g/mol. The molecule has 0 heterocycles. The summed E-state index contributed by atoms with van der Waals surface area (Å²) in [5, 5.41) is 2.90. The number of rotatable bonds is 8. The number of hydrogen-bond donors (Lipinski definition) is 2. The Morgan fingerprint density at radius 1 is 1.41 bits per heavy atom. The molecule has 1 unspecified atom stereocenters. The molecule has 5 nitrogen and oxygen atoms in total. The van der Waals surface area contributed by atoms with Gasteiger partial charge in [0.25, 0.3) is 0 Å². The van der Waals surface area contributed by atoms with E-state index in [0.29, 0.717) is 31.7 Å². The quantitative estimate of drug-likeness (QED) is 0.767. The van der Waals surface area contributed by atoms with Crippen LogP contribution in [0.1, 0.15) is 19.8 Å². The molecule has 22 heavy (non-hydrogen) atoms. The van der Waals surface area contributed by atoms with Gasteiger partial charge in [-0.05, 0) is 57.0 Å². The Labute approximate surface area is 138 Å². The minimum atomic E-state index is -0.0132. The van der Waals surface area contributed by atoms with Gasteiger partial charge >= 0.3 is 0 Å². The number of nitrogens with one attached hydrogen (secondary N) is 1. The smallest absolute Gasteiger partial charge is 0.238 e. The number of nitrogens with two attached hydrogens (primary N) is 1. The largest absolute Gasteiger partial charge is 0.494 e. The van der Waals surface area contributed by atoms with Crippen LogP contribution in [0.5, 0.6) is 5.75 Å². The molecule has 124 valence electrons. The van der Waals surface area contributed by atoms with E-state index in [1.54, 1.807) is 0 Å². The first kappa shape index (κ1) is 18.7. The van der Waals surface area contributed by atoms with Gasteiger partial charge in [-0.15, -0.1) is 12.4 Å². The third kappa shape index (κ3) is 5.48. The van der Waals surface area contributed by atoms with Crippen LogP contribution in [-0.4, -0.2) is 43.6 Å². The summed E-state index contributed by atoms with van der Waals surface area (Å²) in [6.07, 6.45) is 2.46. The highest BCUT2D eigenvalue weighted by Gasteiger charge is 2.33. The van der Waals surface area contributed by atoms with Gasteiger partial charge in [0.15, 0.2) is 0 Å². The molecule has 2 rings (SSSR count). The lowest BCUT2D eigenvalue weighted by Crippen LogP contribution is -2.43. The fourth-order valence-corrected chi connectivity index (χ4v) is 2.56. The van der Waals surface area contributed by atoms with Crippen molar-refractivity contribution in [1.82, 2.24) is 4.90 Å². The lowest BCUT2D eigenvalue weighted by Gasteiger charge is -2.26. The average Bonchev–Trinajstić information content (AvgIpc) is 3.26. The number of ether oxygens (including phenoxy) is 1. The zero-order valence-corrected chi connectivity index (χ0v) is 14.1. The van der Waals surface area contributed by atoms with E-state index in [4.69, 9.17) is 10.5 Å². The second kappa shape index (κ2) is 8.98. The van der Waals surface area contributed by atoms with Crippen LogP contribution in [0.4, 0.5) is 5.69 Å². The second-order valence-corrected chi connectivity index (χ2v) is 5.56. The van der Waals surface area contributed by atoms with Crippen LogP contribution in [0.25, 0.3) is 0 Å². The summed E-state index contributed by atoms with van der Waals surface area (Å²) in [5.74, 6) is 1.46. The molecule has 1 amide bonds. The van der Waals surface area contributed by atoms with Crippen LogP contribution in [0.15, 0.2) is 24.3 Å². The third-order valence-corrected chi connectivity index (χ3v) is 3.82. The molecule has 0 aliphatic heterocycles. The van der Waals surface area contributed by atoms with Crippen LogP contribution in [0.3, 0.4) is 0 Å². The molecule has 0 bridgehead atoms. The van der Waals surface area contributed by atoms with Crippen molar-refractivity contribution >= 4 is 24.0 Å². The lowest BCUT2D eigenvalue weighted by molar-refractivity contribution is -0.117. The van der Waals surface area contributed by atoms with Crippen LogP contribution < -0.4 is 15.8 Å². The van der Waals surface area contributed by atoms with Crippen LogP contribution in [0, 0.1) is 5.92 Å². The summed E-state index contributed by atoms with van der Waals surface area (Å²) in [7, 11) is 1.97. The Bertz CT molecular complexity index is 463. The molecular weight excluding hydrogens is 302 g/mol. The number of halogens is 1. The number of hydrogen-bond acceptors (Lipinski definition) is 4. The van der Waals surface area contributed by atoms with Crippen molar-refractivity contribution in [1.29, 1.82) is 0 Å². The molecule has 0 aromatic heterocycles. The zero-order valence-electron chi connectivity index (χ0n) is 13.2.